The molecule has 1 aliphatic heterocycles. The van der Waals surface area contributed by atoms with Crippen LogP contribution in [0.5, 0.6) is 5.75 Å². The number of aromatic nitrogens is 2. The highest BCUT2D eigenvalue weighted by Gasteiger charge is 2.29. The van der Waals surface area contributed by atoms with Crippen LogP contribution in [-0.2, 0) is 6.54 Å². The molecular weight excluding hydrogens is 738 g/mol. The van der Waals surface area contributed by atoms with Gasteiger partial charge in [-0.15, -0.1) is 11.3 Å². The first-order valence-electron chi connectivity index (χ1n) is 12.1. The largest absolute Gasteiger partial charge is 0.496 e. The van der Waals surface area contributed by atoms with Gasteiger partial charge in [-0.1, -0.05) is 16.8 Å². The molecule has 1 N–H and O–H groups in total. The number of piperidine rings is 1. The predicted octanol–water partition coefficient (Wildman–Crippen LogP) is 6.88. The van der Waals surface area contributed by atoms with E-state index in [4.69, 9.17) is 20.9 Å². The number of ether oxygens (including phenoxy) is 1. The summed E-state index contributed by atoms with van der Waals surface area (Å²) in [5.74, 6) is 1.33. The van der Waals surface area contributed by atoms with Crippen LogP contribution in [0.25, 0.3) is 21.5 Å². The lowest BCUT2D eigenvalue weighted by Crippen LogP contribution is -2.47. The summed E-state index contributed by atoms with van der Waals surface area (Å²) in [4.78, 5) is 17.2. The second kappa shape index (κ2) is 11.4. The van der Waals surface area contributed by atoms with Gasteiger partial charge in [0.05, 0.1) is 37.3 Å². The molecule has 4 heterocycles. The Morgan fingerprint density at radius 1 is 1.27 bits per heavy atom. The normalized spacial score (nSPS) is 15.1. The number of thiophene rings is 1. The minimum absolute atomic E-state index is 0.0739. The first-order chi connectivity index (χ1) is 17.8. The molecule has 0 unspecified atom stereocenters. The molecule has 0 radical (unpaired) electrons. The van der Waals surface area contributed by atoms with Gasteiger partial charge in [-0.2, -0.15) is 0 Å². The zero-order valence-electron chi connectivity index (χ0n) is 20.7. The number of fused-ring (bicyclic) bond motifs is 1. The van der Waals surface area contributed by atoms with Crippen LogP contribution in [0.2, 0.25) is 4.34 Å². The van der Waals surface area contributed by atoms with Gasteiger partial charge in [0, 0.05) is 34.8 Å². The summed E-state index contributed by atoms with van der Waals surface area (Å²) in [7, 11) is 1.66. The van der Waals surface area contributed by atoms with Crippen molar-refractivity contribution in [3.8, 4) is 16.4 Å². The number of nitrogens with zero attached hydrogens (tertiary/aromatic N) is 3. The highest BCUT2D eigenvalue weighted by Crippen LogP contribution is 2.38. The van der Waals surface area contributed by atoms with Crippen molar-refractivity contribution in [2.24, 2.45) is 0 Å². The Morgan fingerprint density at radius 3 is 2.68 bits per heavy atom. The highest BCUT2D eigenvalue weighted by molar-refractivity contribution is 14.1. The van der Waals surface area contributed by atoms with E-state index in [0.717, 1.165) is 60.3 Å². The van der Waals surface area contributed by atoms with E-state index in [0.29, 0.717) is 28.4 Å². The van der Waals surface area contributed by atoms with Gasteiger partial charge in [-0.05, 0) is 96.1 Å². The summed E-state index contributed by atoms with van der Waals surface area (Å²) >= 11 is 12.2. The van der Waals surface area contributed by atoms with Crippen LogP contribution in [-0.4, -0.2) is 52.8 Å². The van der Waals surface area contributed by atoms with Gasteiger partial charge >= 0.3 is 0 Å². The molecule has 7 nitrogen and oxygen atoms in total. The molecule has 196 valence electrons. The number of carbonyl (C=O) groups is 1. The first-order valence-corrected chi connectivity index (χ1v) is 15.4. The summed E-state index contributed by atoms with van der Waals surface area (Å²) in [6.45, 7) is 6.81. The van der Waals surface area contributed by atoms with E-state index >= 15 is 0 Å². The van der Waals surface area contributed by atoms with E-state index in [-0.39, 0.29) is 11.9 Å². The van der Waals surface area contributed by atoms with Gasteiger partial charge in [0.15, 0.2) is 5.76 Å². The van der Waals surface area contributed by atoms with Crippen LogP contribution in [0.3, 0.4) is 0 Å². The number of hydrogen-bond acceptors (Lipinski definition) is 6. The van der Waals surface area contributed by atoms with Gasteiger partial charge in [-0.25, -0.2) is 0 Å². The maximum absolute atomic E-state index is 13.8. The van der Waals surface area contributed by atoms with Crippen LogP contribution in [0.1, 0.15) is 42.9 Å². The monoisotopic (exact) mass is 764 g/mol. The number of benzene rings is 1. The molecule has 1 aromatic carbocycles. The summed E-state index contributed by atoms with van der Waals surface area (Å²) in [5, 5.41) is 8.58. The lowest BCUT2D eigenvalue weighted by atomic mass is 10.0. The molecule has 0 saturated carbocycles. The summed E-state index contributed by atoms with van der Waals surface area (Å²) in [6, 6.07) is 10.3. The fourth-order valence-corrected chi connectivity index (χ4v) is 7.64. The zero-order chi connectivity index (χ0) is 26.3. The lowest BCUT2D eigenvalue weighted by Gasteiger charge is -2.34. The Bertz CT molecular complexity index is 1440. The maximum atomic E-state index is 13.8. The Kier molecular flexibility index (Phi) is 8.39. The molecule has 11 heteroatoms. The van der Waals surface area contributed by atoms with Crippen LogP contribution in [0, 0.1) is 7.14 Å². The van der Waals surface area contributed by atoms with E-state index in [2.05, 4.69) is 74.4 Å². The number of halogens is 3. The Labute approximate surface area is 252 Å². The van der Waals surface area contributed by atoms with Crippen molar-refractivity contribution < 1.29 is 14.1 Å². The van der Waals surface area contributed by atoms with Crippen LogP contribution < -0.4 is 10.1 Å². The van der Waals surface area contributed by atoms with E-state index in [1.165, 1.54) is 11.3 Å². The van der Waals surface area contributed by atoms with Crippen molar-refractivity contribution >= 4 is 84.9 Å². The number of nitrogens with one attached hydrogen (secondary N) is 1. The Hall–Kier alpha value is -1.35. The van der Waals surface area contributed by atoms with Crippen LogP contribution in [0.15, 0.2) is 34.9 Å². The molecule has 5 rings (SSSR count). The third-order valence-corrected chi connectivity index (χ3v) is 9.95. The average molecular weight is 765 g/mol. The fourth-order valence-electron chi connectivity index (χ4n) is 4.85. The average Bonchev–Trinajstić information content (AvgIpc) is 3.58. The van der Waals surface area contributed by atoms with E-state index in [1.807, 2.05) is 34.9 Å². The van der Waals surface area contributed by atoms with Gasteiger partial charge in [0.25, 0.3) is 5.91 Å². The Morgan fingerprint density at radius 2 is 2.03 bits per heavy atom. The number of likely N-dealkylation sites (tertiary alicyclic amines) is 1. The number of rotatable bonds is 7. The number of hydrogen-bond donors (Lipinski definition) is 1. The van der Waals surface area contributed by atoms with Crippen LogP contribution >= 0.6 is 68.1 Å². The van der Waals surface area contributed by atoms with Crippen LogP contribution in [0.4, 0.5) is 0 Å². The second-order valence-corrected chi connectivity index (χ2v) is 13.3. The first kappa shape index (κ1) is 27.2. The molecule has 1 fully saturated rings. The van der Waals surface area contributed by atoms with E-state index in [9.17, 15) is 4.79 Å². The minimum Gasteiger partial charge on any atom is -0.496 e. The molecule has 0 spiro atoms. The van der Waals surface area contributed by atoms with Gasteiger partial charge in [0.2, 0.25) is 0 Å². The van der Waals surface area contributed by atoms with Gasteiger partial charge in [0.1, 0.15) is 17.1 Å². The number of carbonyl (C=O) groups excluding carboxylic acids is 1. The van der Waals surface area contributed by atoms with Crippen molar-refractivity contribution in [3.05, 3.63) is 53.2 Å². The lowest BCUT2D eigenvalue weighted by molar-refractivity contribution is 0.0891. The quantitative estimate of drug-likeness (QED) is 0.208. The predicted molar refractivity (Wildman–Crippen MR) is 165 cm³/mol. The Balaban J connectivity index is 1.51. The van der Waals surface area contributed by atoms with Crippen molar-refractivity contribution in [1.29, 1.82) is 0 Å². The third kappa shape index (κ3) is 5.54. The van der Waals surface area contributed by atoms with Crippen molar-refractivity contribution in [1.82, 2.24) is 19.9 Å². The van der Waals surface area contributed by atoms with E-state index in [1.54, 1.807) is 7.11 Å². The summed E-state index contributed by atoms with van der Waals surface area (Å²) in [6.07, 6.45) is 1.88. The van der Waals surface area contributed by atoms with Gasteiger partial charge in [-0.3, -0.25) is 4.79 Å². The summed E-state index contributed by atoms with van der Waals surface area (Å²) < 4.78 is 16.0. The second-order valence-electron chi connectivity index (χ2n) is 9.39. The van der Waals surface area contributed by atoms with Crippen molar-refractivity contribution in [2.45, 2.75) is 45.3 Å². The third-order valence-electron chi connectivity index (χ3n) is 6.78. The van der Waals surface area contributed by atoms with Crippen molar-refractivity contribution in [3.63, 3.8) is 0 Å². The number of methoxy groups -OCH3 is 1. The molecule has 4 aromatic rings. The molecule has 1 saturated heterocycles. The smallest absolute Gasteiger partial charge is 0.269 e. The highest BCUT2D eigenvalue weighted by atomic mass is 127. The number of amides is 1. The molecule has 0 aliphatic carbocycles. The fraction of sp³-hybridized carbons (Fsp3) is 0.385. The summed E-state index contributed by atoms with van der Waals surface area (Å²) in [5.41, 5.74) is 2.30. The topological polar surface area (TPSA) is 72.5 Å². The maximum Gasteiger partial charge on any atom is 0.269 e. The molecule has 1 aliphatic rings. The minimum atomic E-state index is -0.0739. The molecule has 0 bridgehead atoms. The van der Waals surface area contributed by atoms with E-state index < -0.39 is 0 Å². The molecule has 1 amide bonds. The molecule has 0 atom stereocenters. The standard InChI is InChI=1S/C26H27ClI2N4O3S/c1-14(2)32-10-8-15(9-11-32)30-26(34)25-23(29)22-18(35-3)5-4-17(28)24(22)33(25)13-16-12-19(36-31-16)20-6-7-21(27)37-20/h4-7,12,14-15H,8-11,13H2,1-3H3,(H,30,34). The zero-order valence-corrected chi connectivity index (χ0v) is 26.6. The molecular formula is C26H27ClI2N4O3S. The SMILES string of the molecule is COc1ccc(I)c2c1c(I)c(C(=O)NC1CCN(C(C)C)CC1)n2Cc1cc(-c2ccc(Cl)s2)on1. The van der Waals surface area contributed by atoms with Crippen molar-refractivity contribution in [2.75, 3.05) is 20.2 Å². The molecule has 3 aromatic heterocycles. The van der Waals surface area contributed by atoms with Gasteiger partial charge < -0.3 is 24.0 Å². The molecule has 37 heavy (non-hydrogen) atoms.